The summed E-state index contributed by atoms with van der Waals surface area (Å²) in [5.74, 6) is -0.959. The van der Waals surface area contributed by atoms with Crippen LogP contribution in [0, 0.1) is 0 Å². The highest BCUT2D eigenvalue weighted by molar-refractivity contribution is 6.30. The monoisotopic (exact) mass is 383 g/mol. The van der Waals surface area contributed by atoms with Gasteiger partial charge < -0.3 is 9.73 Å². The molecule has 1 aromatic heterocycles. The fourth-order valence-corrected chi connectivity index (χ4v) is 2.39. The highest BCUT2D eigenvalue weighted by Crippen LogP contribution is 2.10. The van der Waals surface area contributed by atoms with Crippen molar-refractivity contribution in [2.45, 2.75) is 0 Å². The highest BCUT2D eigenvalue weighted by Gasteiger charge is 2.08. The van der Waals surface area contributed by atoms with Gasteiger partial charge in [-0.1, -0.05) is 23.7 Å². The van der Waals surface area contributed by atoms with Crippen molar-refractivity contribution in [3.05, 3.63) is 81.2 Å². The highest BCUT2D eigenvalue weighted by atomic mass is 35.5. The number of hydrazone groups is 1. The molecule has 1 heterocycles. The Hall–Kier alpha value is -3.45. The predicted octanol–water partition coefficient (Wildman–Crippen LogP) is 2.33. The van der Waals surface area contributed by atoms with Crippen molar-refractivity contribution in [1.82, 2.24) is 10.7 Å². The molecule has 27 heavy (non-hydrogen) atoms. The maximum Gasteiger partial charge on any atom is 0.259 e. The van der Waals surface area contributed by atoms with Crippen LogP contribution in [0.5, 0.6) is 0 Å². The Kier molecular flexibility index (Phi) is 5.63. The lowest BCUT2D eigenvalue weighted by molar-refractivity contribution is -0.120. The van der Waals surface area contributed by atoms with Gasteiger partial charge in [-0.05, 0) is 36.4 Å². The van der Waals surface area contributed by atoms with Crippen LogP contribution in [0.25, 0.3) is 11.0 Å². The number of carbonyl (C=O) groups is 2. The van der Waals surface area contributed by atoms with Crippen LogP contribution in [-0.4, -0.2) is 24.6 Å². The molecule has 0 unspecified atom stereocenters. The van der Waals surface area contributed by atoms with E-state index < -0.39 is 11.8 Å². The van der Waals surface area contributed by atoms with E-state index in [1.54, 1.807) is 48.5 Å². The number of rotatable bonds is 5. The van der Waals surface area contributed by atoms with E-state index in [1.807, 2.05) is 0 Å². The summed E-state index contributed by atoms with van der Waals surface area (Å²) in [7, 11) is 0. The number of benzene rings is 2. The summed E-state index contributed by atoms with van der Waals surface area (Å²) in [6.45, 7) is -0.273. The number of halogens is 1. The molecule has 0 aliphatic rings. The zero-order valence-electron chi connectivity index (χ0n) is 13.9. The van der Waals surface area contributed by atoms with Crippen LogP contribution in [0.1, 0.15) is 15.9 Å². The van der Waals surface area contributed by atoms with Crippen molar-refractivity contribution in [3.63, 3.8) is 0 Å². The van der Waals surface area contributed by atoms with Crippen LogP contribution >= 0.6 is 11.6 Å². The van der Waals surface area contributed by atoms with Crippen LogP contribution in [-0.2, 0) is 4.79 Å². The maximum absolute atomic E-state index is 12.3. The quantitative estimate of drug-likeness (QED) is 0.521. The van der Waals surface area contributed by atoms with Crippen molar-refractivity contribution >= 4 is 40.6 Å². The molecule has 7 nitrogen and oxygen atoms in total. The SMILES string of the molecule is O=C(CNC(=O)c1ccc(Cl)cc1)N/N=C\c1coc2ccccc2c1=O. The number of fused-ring (bicyclic) bond motifs is 1. The fraction of sp³-hybridized carbons (Fsp3) is 0.0526. The predicted molar refractivity (Wildman–Crippen MR) is 102 cm³/mol. The third kappa shape index (κ3) is 4.59. The molecule has 8 heteroatoms. The van der Waals surface area contributed by atoms with Gasteiger partial charge in [0.1, 0.15) is 11.8 Å². The molecular weight excluding hydrogens is 370 g/mol. The Bertz CT molecular complexity index is 1070. The van der Waals surface area contributed by atoms with Gasteiger partial charge in [0, 0.05) is 10.6 Å². The molecular formula is C19H14ClN3O4. The molecule has 3 rings (SSSR count). The number of nitrogens with one attached hydrogen (secondary N) is 2. The molecule has 2 amide bonds. The Morgan fingerprint density at radius 1 is 1.11 bits per heavy atom. The fourth-order valence-electron chi connectivity index (χ4n) is 2.26. The Balaban J connectivity index is 1.56. The number of carbonyl (C=O) groups excluding carboxylic acids is 2. The van der Waals surface area contributed by atoms with E-state index in [4.69, 9.17) is 16.0 Å². The summed E-state index contributed by atoms with van der Waals surface area (Å²) in [5.41, 5.74) is 3.02. The van der Waals surface area contributed by atoms with Gasteiger partial charge in [0.2, 0.25) is 5.43 Å². The minimum Gasteiger partial charge on any atom is -0.463 e. The molecule has 0 saturated carbocycles. The number of hydrogen-bond acceptors (Lipinski definition) is 5. The largest absolute Gasteiger partial charge is 0.463 e. The lowest BCUT2D eigenvalue weighted by Gasteiger charge is -2.04. The van der Waals surface area contributed by atoms with Crippen molar-refractivity contribution in [2.24, 2.45) is 5.10 Å². The smallest absolute Gasteiger partial charge is 0.259 e. The molecule has 2 aromatic carbocycles. The first kappa shape index (κ1) is 18.3. The summed E-state index contributed by atoms with van der Waals surface area (Å²) in [6, 6.07) is 13.1. The zero-order chi connectivity index (χ0) is 19.2. The third-order valence-corrected chi connectivity index (χ3v) is 3.87. The standard InChI is InChI=1S/C19H14ClN3O4/c20-14-7-5-12(6-8-14)19(26)21-10-17(24)23-22-9-13-11-27-16-4-2-1-3-15(16)18(13)25/h1-9,11H,10H2,(H,21,26)(H,23,24)/b22-9-. The Morgan fingerprint density at radius 2 is 1.85 bits per heavy atom. The molecule has 3 aromatic rings. The van der Waals surface area contributed by atoms with E-state index in [0.29, 0.717) is 21.6 Å². The summed E-state index contributed by atoms with van der Waals surface area (Å²) < 4.78 is 5.35. The summed E-state index contributed by atoms with van der Waals surface area (Å²) in [5, 5.41) is 7.10. The average molecular weight is 384 g/mol. The second-order valence-corrected chi connectivity index (χ2v) is 5.94. The summed E-state index contributed by atoms with van der Waals surface area (Å²) in [6.07, 6.45) is 2.46. The van der Waals surface area contributed by atoms with E-state index >= 15 is 0 Å². The zero-order valence-corrected chi connectivity index (χ0v) is 14.7. The first-order chi connectivity index (χ1) is 13.0. The van der Waals surface area contributed by atoms with Gasteiger partial charge in [-0.15, -0.1) is 0 Å². The van der Waals surface area contributed by atoms with E-state index in [-0.39, 0.29) is 17.5 Å². The minimum absolute atomic E-state index is 0.194. The topological polar surface area (TPSA) is 101 Å². The molecule has 0 aliphatic heterocycles. The van der Waals surface area contributed by atoms with Gasteiger partial charge in [-0.3, -0.25) is 14.4 Å². The molecule has 0 bridgehead atoms. The van der Waals surface area contributed by atoms with Crippen molar-refractivity contribution in [2.75, 3.05) is 6.54 Å². The van der Waals surface area contributed by atoms with E-state index in [2.05, 4.69) is 15.8 Å². The van der Waals surface area contributed by atoms with Gasteiger partial charge in [-0.25, -0.2) is 5.43 Å². The number of hydrogen-bond donors (Lipinski definition) is 2. The van der Waals surface area contributed by atoms with E-state index in [9.17, 15) is 14.4 Å². The van der Waals surface area contributed by atoms with Crippen LogP contribution in [0.3, 0.4) is 0 Å². The number of amides is 2. The van der Waals surface area contributed by atoms with Crippen LogP contribution in [0.2, 0.25) is 5.02 Å². The van der Waals surface area contributed by atoms with Crippen LogP contribution in [0.4, 0.5) is 0 Å². The van der Waals surface area contributed by atoms with Crippen molar-refractivity contribution < 1.29 is 14.0 Å². The van der Waals surface area contributed by atoms with E-state index in [0.717, 1.165) is 0 Å². The number of nitrogens with zero attached hydrogens (tertiary/aromatic N) is 1. The molecule has 0 atom stereocenters. The molecule has 0 fully saturated rings. The van der Waals surface area contributed by atoms with Crippen molar-refractivity contribution in [3.8, 4) is 0 Å². The normalized spacial score (nSPS) is 10.9. The second kappa shape index (κ2) is 8.29. The van der Waals surface area contributed by atoms with Gasteiger partial charge in [0.05, 0.1) is 23.7 Å². The first-order valence-electron chi connectivity index (χ1n) is 7.91. The second-order valence-electron chi connectivity index (χ2n) is 5.50. The maximum atomic E-state index is 12.3. The first-order valence-corrected chi connectivity index (χ1v) is 8.28. The molecule has 0 spiro atoms. The lowest BCUT2D eigenvalue weighted by Crippen LogP contribution is -2.35. The minimum atomic E-state index is -0.543. The molecule has 2 N–H and O–H groups in total. The average Bonchev–Trinajstić information content (AvgIpc) is 2.68. The number of para-hydroxylation sites is 1. The van der Waals surface area contributed by atoms with Crippen LogP contribution < -0.4 is 16.2 Å². The summed E-state index contributed by atoms with van der Waals surface area (Å²) in [4.78, 5) is 35.9. The summed E-state index contributed by atoms with van der Waals surface area (Å²) >= 11 is 5.75. The molecule has 0 aliphatic carbocycles. The van der Waals surface area contributed by atoms with Gasteiger partial charge in [0.15, 0.2) is 0 Å². The molecule has 0 saturated heterocycles. The Morgan fingerprint density at radius 3 is 2.63 bits per heavy atom. The van der Waals surface area contributed by atoms with Gasteiger partial charge >= 0.3 is 0 Å². The third-order valence-electron chi connectivity index (χ3n) is 3.62. The van der Waals surface area contributed by atoms with Gasteiger partial charge in [-0.2, -0.15) is 5.10 Å². The Labute approximate surface area is 158 Å². The van der Waals surface area contributed by atoms with E-state index in [1.165, 1.54) is 12.5 Å². The van der Waals surface area contributed by atoms with Crippen LogP contribution in [0.15, 0.2) is 69.1 Å². The molecule has 0 radical (unpaired) electrons. The van der Waals surface area contributed by atoms with Gasteiger partial charge in [0.25, 0.3) is 11.8 Å². The van der Waals surface area contributed by atoms with Crippen molar-refractivity contribution in [1.29, 1.82) is 0 Å². The molecule has 136 valence electrons. The lowest BCUT2D eigenvalue weighted by atomic mass is 10.2.